The number of anilines is 1. The van der Waals surface area contributed by atoms with Crippen molar-refractivity contribution in [1.82, 2.24) is 10.1 Å². The number of esters is 1. The van der Waals surface area contributed by atoms with E-state index in [9.17, 15) is 13.2 Å². The summed E-state index contributed by atoms with van der Waals surface area (Å²) in [6.07, 6.45) is 0.241. The summed E-state index contributed by atoms with van der Waals surface area (Å²) in [6.45, 7) is 0. The number of hydrogen-bond acceptors (Lipinski definition) is 9. The molecule has 30 heavy (non-hydrogen) atoms. The van der Waals surface area contributed by atoms with Gasteiger partial charge in [-0.3, -0.25) is 4.72 Å². The minimum absolute atomic E-state index is 0.0139. The SMILES string of the molecule is COC(=O)c1sccc1S(=O)(=O)Nc1ccccc1Cc1nc(-c2cccs2)no1. The topological polar surface area (TPSA) is 111 Å². The number of carbonyl (C=O) groups is 1. The van der Waals surface area contributed by atoms with Gasteiger partial charge in [0.25, 0.3) is 10.0 Å². The van der Waals surface area contributed by atoms with Crippen LogP contribution in [0.15, 0.2) is 62.6 Å². The van der Waals surface area contributed by atoms with Crippen LogP contribution in [-0.2, 0) is 21.2 Å². The van der Waals surface area contributed by atoms with E-state index in [1.165, 1.54) is 29.9 Å². The molecule has 0 aliphatic heterocycles. The van der Waals surface area contributed by atoms with Crippen LogP contribution < -0.4 is 4.72 Å². The van der Waals surface area contributed by atoms with Crippen molar-refractivity contribution in [3.8, 4) is 10.7 Å². The van der Waals surface area contributed by atoms with E-state index in [-0.39, 0.29) is 16.2 Å². The summed E-state index contributed by atoms with van der Waals surface area (Å²) in [5, 5.41) is 7.42. The Morgan fingerprint density at radius 1 is 1.13 bits per heavy atom. The lowest BCUT2D eigenvalue weighted by Crippen LogP contribution is -2.16. The minimum atomic E-state index is -4.01. The molecule has 154 valence electrons. The van der Waals surface area contributed by atoms with E-state index in [2.05, 4.69) is 19.6 Å². The largest absolute Gasteiger partial charge is 0.465 e. The molecule has 0 bridgehead atoms. The van der Waals surface area contributed by atoms with E-state index in [1.54, 1.807) is 24.3 Å². The van der Waals surface area contributed by atoms with Gasteiger partial charge in [-0.05, 0) is 34.5 Å². The van der Waals surface area contributed by atoms with Crippen LogP contribution in [0, 0.1) is 0 Å². The van der Waals surface area contributed by atoms with Crippen LogP contribution in [-0.4, -0.2) is 31.6 Å². The van der Waals surface area contributed by atoms with Crippen LogP contribution in [0.2, 0.25) is 0 Å². The van der Waals surface area contributed by atoms with Crippen molar-refractivity contribution in [2.75, 3.05) is 11.8 Å². The van der Waals surface area contributed by atoms with Gasteiger partial charge in [0, 0.05) is 0 Å². The average Bonchev–Trinajstić information content (AvgIpc) is 3.49. The third-order valence-corrected chi connectivity index (χ3v) is 7.40. The standard InChI is InChI=1S/C19H15N3O5S3/c1-26-19(23)17-15(8-10-29-17)30(24,25)22-13-6-3-2-5-12(13)11-16-20-18(21-27-16)14-7-4-9-28-14/h2-10,22H,11H2,1H3. The fourth-order valence-electron chi connectivity index (χ4n) is 2.72. The van der Waals surface area contributed by atoms with Gasteiger partial charge in [-0.15, -0.1) is 22.7 Å². The molecule has 0 atom stereocenters. The zero-order chi connectivity index (χ0) is 21.1. The van der Waals surface area contributed by atoms with E-state index < -0.39 is 16.0 Å². The van der Waals surface area contributed by atoms with Gasteiger partial charge in [0.1, 0.15) is 9.77 Å². The quantitative estimate of drug-likeness (QED) is 0.414. The summed E-state index contributed by atoms with van der Waals surface area (Å²) in [4.78, 5) is 17.0. The van der Waals surface area contributed by atoms with Crippen LogP contribution in [0.25, 0.3) is 10.7 Å². The van der Waals surface area contributed by atoms with E-state index in [1.807, 2.05) is 17.5 Å². The number of sulfonamides is 1. The van der Waals surface area contributed by atoms with Crippen molar-refractivity contribution in [1.29, 1.82) is 0 Å². The Bertz CT molecular complexity index is 1280. The number of hydrogen-bond donors (Lipinski definition) is 1. The Kier molecular flexibility index (Phi) is 5.66. The zero-order valence-electron chi connectivity index (χ0n) is 15.6. The minimum Gasteiger partial charge on any atom is -0.465 e. The number of nitrogens with one attached hydrogen (secondary N) is 1. The second-order valence-electron chi connectivity index (χ2n) is 6.03. The van der Waals surface area contributed by atoms with Crippen molar-refractivity contribution >= 4 is 44.4 Å². The molecular weight excluding hydrogens is 446 g/mol. The molecule has 1 N–H and O–H groups in total. The fourth-order valence-corrected chi connectivity index (χ4v) is 5.81. The highest BCUT2D eigenvalue weighted by Gasteiger charge is 2.25. The van der Waals surface area contributed by atoms with Gasteiger partial charge in [-0.1, -0.05) is 29.4 Å². The highest BCUT2D eigenvalue weighted by atomic mass is 32.2. The smallest absolute Gasteiger partial charge is 0.349 e. The molecule has 0 aliphatic rings. The first-order chi connectivity index (χ1) is 14.5. The summed E-state index contributed by atoms with van der Waals surface area (Å²) < 4.78 is 38.4. The lowest BCUT2D eigenvalue weighted by molar-refractivity contribution is 0.0602. The van der Waals surface area contributed by atoms with Crippen molar-refractivity contribution in [3.05, 3.63) is 69.6 Å². The second kappa shape index (κ2) is 8.38. The number of rotatable bonds is 7. The highest BCUT2D eigenvalue weighted by molar-refractivity contribution is 7.93. The molecule has 1 aromatic carbocycles. The van der Waals surface area contributed by atoms with Gasteiger partial charge >= 0.3 is 5.97 Å². The molecule has 8 nitrogen and oxygen atoms in total. The average molecular weight is 462 g/mol. The van der Waals surface area contributed by atoms with Crippen LogP contribution >= 0.6 is 22.7 Å². The summed E-state index contributed by atoms with van der Waals surface area (Å²) in [7, 11) is -2.80. The first-order valence-electron chi connectivity index (χ1n) is 8.61. The van der Waals surface area contributed by atoms with Crippen molar-refractivity contribution in [2.45, 2.75) is 11.3 Å². The van der Waals surface area contributed by atoms with Gasteiger partial charge in [-0.2, -0.15) is 4.98 Å². The third-order valence-electron chi connectivity index (χ3n) is 4.10. The van der Waals surface area contributed by atoms with E-state index >= 15 is 0 Å². The second-order valence-corrected chi connectivity index (χ2v) is 9.55. The van der Waals surface area contributed by atoms with Gasteiger partial charge in [-0.25, -0.2) is 13.2 Å². The molecule has 0 fully saturated rings. The molecule has 0 saturated carbocycles. The summed E-state index contributed by atoms with van der Waals surface area (Å²) in [5.74, 6) is 0.139. The molecule has 0 unspecified atom stereocenters. The zero-order valence-corrected chi connectivity index (χ0v) is 18.0. The highest BCUT2D eigenvalue weighted by Crippen LogP contribution is 2.28. The van der Waals surface area contributed by atoms with E-state index in [0.717, 1.165) is 16.2 Å². The summed E-state index contributed by atoms with van der Waals surface area (Å²) in [6, 6.07) is 12.0. The lowest BCUT2D eigenvalue weighted by atomic mass is 10.1. The summed E-state index contributed by atoms with van der Waals surface area (Å²) >= 11 is 2.50. The van der Waals surface area contributed by atoms with Crippen LogP contribution in [0.1, 0.15) is 21.1 Å². The number of methoxy groups -OCH3 is 1. The Morgan fingerprint density at radius 2 is 1.97 bits per heavy atom. The molecule has 4 aromatic rings. The number of ether oxygens (including phenoxy) is 1. The predicted molar refractivity (Wildman–Crippen MR) is 113 cm³/mol. The fraction of sp³-hybridized carbons (Fsp3) is 0.105. The van der Waals surface area contributed by atoms with Gasteiger partial charge in [0.2, 0.25) is 11.7 Å². The lowest BCUT2D eigenvalue weighted by Gasteiger charge is -2.11. The first-order valence-corrected chi connectivity index (χ1v) is 11.8. The number of aromatic nitrogens is 2. The van der Waals surface area contributed by atoms with E-state index in [0.29, 0.717) is 23.0 Å². The molecule has 0 aliphatic carbocycles. The van der Waals surface area contributed by atoms with Gasteiger partial charge in [0.05, 0.1) is 24.1 Å². The third kappa shape index (κ3) is 4.13. The van der Waals surface area contributed by atoms with Crippen molar-refractivity contribution in [2.24, 2.45) is 0 Å². The molecule has 0 saturated heterocycles. The molecular formula is C19H15N3O5S3. The van der Waals surface area contributed by atoms with Crippen molar-refractivity contribution < 1.29 is 22.5 Å². The number of benzene rings is 1. The number of para-hydroxylation sites is 1. The maximum absolute atomic E-state index is 12.9. The number of nitrogens with zero attached hydrogens (tertiary/aromatic N) is 2. The van der Waals surface area contributed by atoms with Crippen LogP contribution in [0.4, 0.5) is 5.69 Å². The molecule has 3 aromatic heterocycles. The van der Waals surface area contributed by atoms with Crippen LogP contribution in [0.5, 0.6) is 0 Å². The Balaban J connectivity index is 1.60. The Hall–Kier alpha value is -3.02. The van der Waals surface area contributed by atoms with Crippen molar-refractivity contribution in [3.63, 3.8) is 0 Å². The number of carbonyl (C=O) groups excluding carboxylic acids is 1. The molecule has 11 heteroatoms. The summed E-state index contributed by atoms with van der Waals surface area (Å²) in [5.41, 5.74) is 1.01. The molecule has 3 heterocycles. The normalized spacial score (nSPS) is 11.4. The molecule has 0 radical (unpaired) electrons. The Labute approximate surface area is 180 Å². The maximum atomic E-state index is 12.9. The monoisotopic (exact) mass is 461 g/mol. The molecule has 0 amide bonds. The van der Waals surface area contributed by atoms with E-state index in [4.69, 9.17) is 4.52 Å². The van der Waals surface area contributed by atoms with Crippen LogP contribution in [0.3, 0.4) is 0 Å². The first kappa shape index (κ1) is 20.3. The molecule has 4 rings (SSSR count). The predicted octanol–water partition coefficient (Wildman–Crippen LogP) is 4.04. The van der Waals surface area contributed by atoms with Gasteiger partial charge in [0.15, 0.2) is 0 Å². The molecule has 0 spiro atoms. The van der Waals surface area contributed by atoms with Gasteiger partial charge < -0.3 is 9.26 Å². The maximum Gasteiger partial charge on any atom is 0.349 e. The number of thiophene rings is 2. The Morgan fingerprint density at radius 3 is 2.73 bits per heavy atom.